The van der Waals surface area contributed by atoms with Crippen molar-refractivity contribution in [3.63, 3.8) is 0 Å². The Balaban J connectivity index is 1.57. The van der Waals surface area contributed by atoms with Crippen LogP contribution in [0.4, 0.5) is 10.1 Å². The maximum Gasteiger partial charge on any atom is 0.227 e. The van der Waals surface area contributed by atoms with Gasteiger partial charge in [0, 0.05) is 18.8 Å². The molecule has 0 aliphatic carbocycles. The Hall–Kier alpha value is -2.03. The molecule has 0 aromatic heterocycles. The number of anilines is 1. The molecule has 0 radical (unpaired) electrons. The monoisotopic (exact) mass is 350 g/mol. The Morgan fingerprint density at radius 3 is 2.88 bits per heavy atom. The fraction of sp³-hybridized carbons (Fsp3) is 0.529. The number of rotatable bonds is 4. The van der Waals surface area contributed by atoms with Crippen molar-refractivity contribution >= 4 is 17.5 Å². The molecule has 8 heteroatoms. The standard InChI is InChI=1S/C17H23FN4O3/c1-11-8-12(18)2-3-13(11)19-16(23)9-14-20-15(10-17(24)21-14)22-4-6-25-7-5-22/h2-3,8,14-15,20H,4-7,9-10H2,1H3,(H,19,23)(H,21,24). The normalized spacial score (nSPS) is 24.6. The summed E-state index contributed by atoms with van der Waals surface area (Å²) >= 11 is 0. The van der Waals surface area contributed by atoms with Crippen LogP contribution < -0.4 is 16.0 Å². The van der Waals surface area contributed by atoms with Gasteiger partial charge in [0.25, 0.3) is 0 Å². The van der Waals surface area contributed by atoms with Gasteiger partial charge in [0.05, 0.1) is 38.4 Å². The van der Waals surface area contributed by atoms with Crippen LogP contribution in [0.5, 0.6) is 0 Å². The van der Waals surface area contributed by atoms with Crippen molar-refractivity contribution in [1.82, 2.24) is 15.5 Å². The minimum Gasteiger partial charge on any atom is -0.379 e. The van der Waals surface area contributed by atoms with Gasteiger partial charge in [-0.2, -0.15) is 0 Å². The number of carbonyl (C=O) groups is 2. The van der Waals surface area contributed by atoms with Crippen LogP contribution in [0, 0.1) is 12.7 Å². The van der Waals surface area contributed by atoms with Gasteiger partial charge in [0.15, 0.2) is 0 Å². The van der Waals surface area contributed by atoms with Gasteiger partial charge in [-0.05, 0) is 30.7 Å². The molecule has 0 spiro atoms. The Kier molecular flexibility index (Phi) is 5.62. The van der Waals surface area contributed by atoms with Gasteiger partial charge in [0.2, 0.25) is 11.8 Å². The van der Waals surface area contributed by atoms with Crippen LogP contribution in [-0.2, 0) is 14.3 Å². The average molecular weight is 350 g/mol. The number of nitrogens with zero attached hydrogens (tertiary/aromatic N) is 1. The zero-order chi connectivity index (χ0) is 17.8. The second kappa shape index (κ2) is 7.90. The molecule has 25 heavy (non-hydrogen) atoms. The van der Waals surface area contributed by atoms with E-state index in [1.54, 1.807) is 6.92 Å². The molecule has 2 unspecified atom stereocenters. The highest BCUT2D eigenvalue weighted by molar-refractivity contribution is 5.92. The number of halogens is 1. The van der Waals surface area contributed by atoms with Crippen LogP contribution in [0.25, 0.3) is 0 Å². The summed E-state index contributed by atoms with van der Waals surface area (Å²) in [5.41, 5.74) is 1.22. The Morgan fingerprint density at radius 2 is 2.16 bits per heavy atom. The highest BCUT2D eigenvalue weighted by Gasteiger charge is 2.31. The van der Waals surface area contributed by atoms with E-state index in [1.165, 1.54) is 18.2 Å². The van der Waals surface area contributed by atoms with Crippen LogP contribution in [0.15, 0.2) is 18.2 Å². The summed E-state index contributed by atoms with van der Waals surface area (Å²) < 4.78 is 18.5. The van der Waals surface area contributed by atoms with Gasteiger partial charge >= 0.3 is 0 Å². The number of nitrogens with one attached hydrogen (secondary N) is 3. The first kappa shape index (κ1) is 17.8. The van der Waals surface area contributed by atoms with E-state index in [1.807, 2.05) is 0 Å². The van der Waals surface area contributed by atoms with Crippen molar-refractivity contribution < 1.29 is 18.7 Å². The van der Waals surface area contributed by atoms with Crippen LogP contribution in [0.2, 0.25) is 0 Å². The van der Waals surface area contributed by atoms with Crippen molar-refractivity contribution in [2.45, 2.75) is 32.1 Å². The summed E-state index contributed by atoms with van der Waals surface area (Å²) in [4.78, 5) is 26.4. The lowest BCUT2D eigenvalue weighted by atomic mass is 10.1. The van der Waals surface area contributed by atoms with Gasteiger partial charge in [-0.1, -0.05) is 0 Å². The molecule has 2 heterocycles. The van der Waals surface area contributed by atoms with Crippen LogP contribution >= 0.6 is 0 Å². The van der Waals surface area contributed by atoms with E-state index < -0.39 is 6.17 Å². The van der Waals surface area contributed by atoms with Crippen molar-refractivity contribution in [3.8, 4) is 0 Å². The Bertz CT molecular complexity index is 649. The summed E-state index contributed by atoms with van der Waals surface area (Å²) in [6, 6.07) is 4.20. The number of hydrogen-bond acceptors (Lipinski definition) is 5. The van der Waals surface area contributed by atoms with Crippen molar-refractivity contribution in [3.05, 3.63) is 29.6 Å². The molecule has 1 aromatic rings. The topological polar surface area (TPSA) is 82.7 Å². The lowest BCUT2D eigenvalue weighted by Crippen LogP contribution is -2.63. The number of benzene rings is 1. The van der Waals surface area contributed by atoms with Crippen LogP contribution in [0.3, 0.4) is 0 Å². The third-order valence-corrected chi connectivity index (χ3v) is 4.45. The van der Waals surface area contributed by atoms with E-state index in [-0.39, 0.29) is 30.2 Å². The highest BCUT2D eigenvalue weighted by Crippen LogP contribution is 2.17. The maximum atomic E-state index is 13.1. The quantitative estimate of drug-likeness (QED) is 0.739. The Labute approximate surface area is 145 Å². The maximum absolute atomic E-state index is 13.1. The van der Waals surface area contributed by atoms with Gasteiger partial charge in [-0.25, -0.2) is 4.39 Å². The molecule has 2 aliphatic heterocycles. The van der Waals surface area contributed by atoms with Crippen LogP contribution in [-0.4, -0.2) is 55.3 Å². The minimum atomic E-state index is -0.435. The van der Waals surface area contributed by atoms with E-state index in [4.69, 9.17) is 4.74 Å². The van der Waals surface area contributed by atoms with Gasteiger partial charge < -0.3 is 15.4 Å². The zero-order valence-electron chi connectivity index (χ0n) is 14.2. The molecule has 0 saturated carbocycles. The van der Waals surface area contributed by atoms with Crippen molar-refractivity contribution in [2.75, 3.05) is 31.6 Å². The summed E-state index contributed by atoms with van der Waals surface area (Å²) in [5.74, 6) is -0.661. The molecule has 2 saturated heterocycles. The average Bonchev–Trinajstić information content (AvgIpc) is 2.58. The number of amides is 2. The van der Waals surface area contributed by atoms with Gasteiger partial charge in [-0.3, -0.25) is 19.8 Å². The molecule has 2 fully saturated rings. The number of hydrogen-bond donors (Lipinski definition) is 3. The minimum absolute atomic E-state index is 0.0778. The van der Waals surface area contributed by atoms with E-state index >= 15 is 0 Å². The van der Waals surface area contributed by atoms with E-state index in [9.17, 15) is 14.0 Å². The summed E-state index contributed by atoms with van der Waals surface area (Å²) in [6.45, 7) is 4.55. The first-order valence-corrected chi connectivity index (χ1v) is 8.44. The number of aryl methyl sites for hydroxylation is 1. The van der Waals surface area contributed by atoms with Crippen molar-refractivity contribution in [1.29, 1.82) is 0 Å². The molecule has 0 bridgehead atoms. The predicted octanol–water partition coefficient (Wildman–Crippen LogP) is 0.557. The largest absolute Gasteiger partial charge is 0.379 e. The van der Waals surface area contributed by atoms with E-state index in [0.717, 1.165) is 13.1 Å². The molecular weight excluding hydrogens is 327 g/mol. The second-order valence-corrected chi connectivity index (χ2v) is 6.37. The predicted molar refractivity (Wildman–Crippen MR) is 90.2 cm³/mol. The molecule has 2 atom stereocenters. The van der Waals surface area contributed by atoms with Gasteiger partial charge in [0.1, 0.15) is 5.82 Å². The first-order chi connectivity index (χ1) is 12.0. The highest BCUT2D eigenvalue weighted by atomic mass is 19.1. The molecule has 3 N–H and O–H groups in total. The smallest absolute Gasteiger partial charge is 0.227 e. The third-order valence-electron chi connectivity index (χ3n) is 4.45. The Morgan fingerprint density at radius 1 is 1.40 bits per heavy atom. The molecule has 7 nitrogen and oxygen atoms in total. The fourth-order valence-electron chi connectivity index (χ4n) is 3.15. The molecule has 3 rings (SSSR count). The molecule has 1 aromatic carbocycles. The second-order valence-electron chi connectivity index (χ2n) is 6.37. The molecule has 2 aliphatic rings. The lowest BCUT2D eigenvalue weighted by molar-refractivity contribution is -0.128. The SMILES string of the molecule is Cc1cc(F)ccc1NC(=O)CC1NC(=O)CC(N2CCOCC2)N1. The van der Waals surface area contributed by atoms with E-state index in [2.05, 4.69) is 20.9 Å². The van der Waals surface area contributed by atoms with Crippen LogP contribution in [0.1, 0.15) is 18.4 Å². The summed E-state index contributed by atoms with van der Waals surface area (Å²) in [6.07, 6.45) is -0.0728. The van der Waals surface area contributed by atoms with Crippen molar-refractivity contribution in [2.24, 2.45) is 0 Å². The van der Waals surface area contributed by atoms with E-state index in [0.29, 0.717) is 30.9 Å². The van der Waals surface area contributed by atoms with Gasteiger partial charge in [-0.15, -0.1) is 0 Å². The zero-order valence-corrected chi connectivity index (χ0v) is 14.2. The molecule has 136 valence electrons. The number of ether oxygens (including phenoxy) is 1. The summed E-state index contributed by atoms with van der Waals surface area (Å²) in [5, 5.41) is 8.87. The number of morpholine rings is 1. The lowest BCUT2D eigenvalue weighted by Gasteiger charge is -2.40. The first-order valence-electron chi connectivity index (χ1n) is 8.44. The summed E-state index contributed by atoms with van der Waals surface area (Å²) in [7, 11) is 0. The fourth-order valence-corrected chi connectivity index (χ4v) is 3.15. The number of carbonyl (C=O) groups excluding carboxylic acids is 2. The molecule has 2 amide bonds. The third kappa shape index (κ3) is 4.75. The molecular formula is C17H23FN4O3.